The predicted molar refractivity (Wildman–Crippen MR) is 55.7 cm³/mol. The van der Waals surface area contributed by atoms with Crippen molar-refractivity contribution < 1.29 is 15.0 Å². The molecule has 0 aliphatic heterocycles. The molecule has 0 amide bonds. The monoisotopic (exact) mass is 213 g/mol. The highest BCUT2D eigenvalue weighted by Crippen LogP contribution is 2.54. The van der Waals surface area contributed by atoms with Crippen LogP contribution in [0.15, 0.2) is 0 Å². The van der Waals surface area contributed by atoms with Crippen molar-refractivity contribution in [2.45, 2.75) is 44.1 Å². The highest BCUT2D eigenvalue weighted by Gasteiger charge is 2.48. The summed E-state index contributed by atoms with van der Waals surface area (Å²) >= 11 is 0. The molecule has 0 aromatic carbocycles. The quantitative estimate of drug-likeness (QED) is 0.575. The van der Waals surface area contributed by atoms with Crippen LogP contribution in [0.5, 0.6) is 0 Å². The van der Waals surface area contributed by atoms with E-state index in [1.54, 1.807) is 0 Å². The fraction of sp³-hybridized carbons (Fsp3) is 0.909. The number of hydrogen-bond donors (Lipinski definition) is 3. The number of carbonyl (C=O) groups is 1. The van der Waals surface area contributed by atoms with Crippen LogP contribution >= 0.6 is 0 Å². The summed E-state index contributed by atoms with van der Waals surface area (Å²) in [6, 6.07) is 0. The van der Waals surface area contributed by atoms with Crippen molar-refractivity contribution >= 4 is 6.16 Å². The highest BCUT2D eigenvalue weighted by molar-refractivity contribution is 5.53. The van der Waals surface area contributed by atoms with Crippen LogP contribution < -0.4 is 5.73 Å². The van der Waals surface area contributed by atoms with Crippen molar-refractivity contribution in [1.29, 1.82) is 0 Å². The molecule has 4 N–H and O–H groups in total. The van der Waals surface area contributed by atoms with E-state index < -0.39 is 6.16 Å². The Labute approximate surface area is 89.5 Å². The van der Waals surface area contributed by atoms with Gasteiger partial charge in [-0.3, -0.25) is 0 Å². The molecular formula is C11H19NO3. The minimum absolute atomic E-state index is 0.300. The SMILES string of the molecule is NC12CC3CC(CC(C3)C1)C2.O=C(O)O. The van der Waals surface area contributed by atoms with Crippen LogP contribution in [0.4, 0.5) is 4.79 Å². The first-order valence-electron chi connectivity index (χ1n) is 5.67. The lowest BCUT2D eigenvalue weighted by atomic mass is 9.53. The summed E-state index contributed by atoms with van der Waals surface area (Å²) in [6.45, 7) is 0. The first-order valence-corrected chi connectivity index (χ1v) is 5.67. The van der Waals surface area contributed by atoms with Gasteiger partial charge < -0.3 is 15.9 Å². The van der Waals surface area contributed by atoms with Crippen LogP contribution in [0.1, 0.15) is 38.5 Å². The van der Waals surface area contributed by atoms with Gasteiger partial charge >= 0.3 is 6.16 Å². The van der Waals surface area contributed by atoms with Crippen LogP contribution in [0.3, 0.4) is 0 Å². The molecule has 86 valence electrons. The Hall–Kier alpha value is -0.770. The topological polar surface area (TPSA) is 83.6 Å². The lowest BCUT2D eigenvalue weighted by Gasteiger charge is -2.55. The zero-order valence-corrected chi connectivity index (χ0v) is 8.85. The molecule has 15 heavy (non-hydrogen) atoms. The second kappa shape index (κ2) is 3.67. The molecule has 4 fully saturated rings. The van der Waals surface area contributed by atoms with Crippen molar-refractivity contribution in [3.8, 4) is 0 Å². The van der Waals surface area contributed by atoms with Crippen molar-refractivity contribution in [3.63, 3.8) is 0 Å². The molecule has 0 aromatic heterocycles. The molecule has 0 saturated heterocycles. The van der Waals surface area contributed by atoms with Crippen molar-refractivity contribution in [3.05, 3.63) is 0 Å². The Kier molecular flexibility index (Phi) is 2.63. The van der Waals surface area contributed by atoms with Gasteiger partial charge in [0.05, 0.1) is 0 Å². The summed E-state index contributed by atoms with van der Waals surface area (Å²) in [5.74, 6) is 3.06. The van der Waals surface area contributed by atoms with Gasteiger partial charge in [-0.2, -0.15) is 0 Å². The molecule has 4 saturated carbocycles. The van der Waals surface area contributed by atoms with E-state index in [9.17, 15) is 0 Å². The molecule has 0 unspecified atom stereocenters. The highest BCUT2D eigenvalue weighted by atomic mass is 16.6. The van der Waals surface area contributed by atoms with Crippen molar-refractivity contribution in [1.82, 2.24) is 0 Å². The Morgan fingerprint density at radius 3 is 1.47 bits per heavy atom. The smallest absolute Gasteiger partial charge is 0.450 e. The molecule has 4 aliphatic carbocycles. The summed E-state index contributed by atoms with van der Waals surface area (Å²) in [4.78, 5) is 8.56. The standard InChI is InChI=1S/C10H17N.CH2O3/c11-10-4-7-1-8(5-10)3-9(2-7)6-10;2-1(3)4/h7-9H,1-6,11H2;(H2,2,3,4). The van der Waals surface area contributed by atoms with Crippen LogP contribution in [-0.2, 0) is 0 Å². The van der Waals surface area contributed by atoms with E-state index in [2.05, 4.69) is 0 Å². The van der Waals surface area contributed by atoms with Gasteiger partial charge in [0.25, 0.3) is 0 Å². The molecule has 0 spiro atoms. The van der Waals surface area contributed by atoms with Gasteiger partial charge in [-0.05, 0) is 56.3 Å². The molecule has 0 heterocycles. The summed E-state index contributed by atoms with van der Waals surface area (Å²) < 4.78 is 0. The molecular weight excluding hydrogens is 194 g/mol. The molecule has 4 nitrogen and oxygen atoms in total. The van der Waals surface area contributed by atoms with E-state index in [-0.39, 0.29) is 0 Å². The minimum Gasteiger partial charge on any atom is -0.450 e. The Bertz CT molecular complexity index is 225. The molecule has 0 atom stereocenters. The van der Waals surface area contributed by atoms with Crippen LogP contribution in [0.25, 0.3) is 0 Å². The molecule has 0 aromatic rings. The lowest BCUT2D eigenvalue weighted by Crippen LogP contribution is -2.55. The van der Waals surface area contributed by atoms with Crippen LogP contribution in [0, 0.1) is 17.8 Å². The Morgan fingerprint density at radius 1 is 1.00 bits per heavy atom. The van der Waals surface area contributed by atoms with Crippen molar-refractivity contribution in [2.75, 3.05) is 0 Å². The second-order valence-electron chi connectivity index (χ2n) is 5.56. The first kappa shape index (κ1) is 10.7. The summed E-state index contributed by atoms with van der Waals surface area (Å²) in [7, 11) is 0. The number of hydrogen-bond acceptors (Lipinski definition) is 2. The van der Waals surface area contributed by atoms with E-state index in [4.69, 9.17) is 20.7 Å². The molecule has 4 heteroatoms. The lowest BCUT2D eigenvalue weighted by molar-refractivity contribution is 0.000363. The van der Waals surface area contributed by atoms with Crippen molar-refractivity contribution in [2.24, 2.45) is 23.5 Å². The molecule has 4 aliphatic rings. The maximum Gasteiger partial charge on any atom is 0.503 e. The third-order valence-electron chi connectivity index (χ3n) is 4.09. The van der Waals surface area contributed by atoms with Gasteiger partial charge in [-0.1, -0.05) is 0 Å². The van der Waals surface area contributed by atoms with E-state index in [0.717, 1.165) is 17.8 Å². The zero-order valence-electron chi connectivity index (χ0n) is 8.85. The molecule has 0 radical (unpaired) electrons. The Morgan fingerprint density at radius 2 is 1.27 bits per heavy atom. The largest absolute Gasteiger partial charge is 0.503 e. The maximum atomic E-state index is 8.56. The van der Waals surface area contributed by atoms with Gasteiger partial charge in [0.2, 0.25) is 0 Å². The van der Waals surface area contributed by atoms with Crippen LogP contribution in [-0.4, -0.2) is 21.9 Å². The number of rotatable bonds is 0. The summed E-state index contributed by atoms with van der Waals surface area (Å²) in [5, 5.41) is 13.9. The zero-order chi connectivity index (χ0) is 11.1. The fourth-order valence-electron chi connectivity index (χ4n) is 4.18. The van der Waals surface area contributed by atoms with Gasteiger partial charge in [0.1, 0.15) is 0 Å². The van der Waals surface area contributed by atoms with Gasteiger partial charge in [0, 0.05) is 5.54 Å². The van der Waals surface area contributed by atoms with Crippen LogP contribution in [0.2, 0.25) is 0 Å². The van der Waals surface area contributed by atoms with E-state index >= 15 is 0 Å². The van der Waals surface area contributed by atoms with E-state index in [1.807, 2.05) is 0 Å². The number of carboxylic acid groups (broad SMARTS) is 2. The first-order chi connectivity index (χ1) is 6.97. The van der Waals surface area contributed by atoms with E-state index in [1.165, 1.54) is 38.5 Å². The molecule has 4 rings (SSSR count). The predicted octanol–water partition coefficient (Wildman–Crippen LogP) is 2.14. The normalized spacial score (nSPS) is 45.8. The van der Waals surface area contributed by atoms with Gasteiger partial charge in [0.15, 0.2) is 0 Å². The fourth-order valence-corrected chi connectivity index (χ4v) is 4.18. The summed E-state index contributed by atoms with van der Waals surface area (Å²) in [5.41, 5.74) is 6.62. The molecule has 4 bridgehead atoms. The number of nitrogens with two attached hydrogens (primary N) is 1. The third kappa shape index (κ3) is 2.43. The van der Waals surface area contributed by atoms with Gasteiger partial charge in [-0.25, -0.2) is 4.79 Å². The van der Waals surface area contributed by atoms with E-state index in [0.29, 0.717) is 5.54 Å². The third-order valence-corrected chi connectivity index (χ3v) is 4.09. The maximum absolute atomic E-state index is 8.56. The van der Waals surface area contributed by atoms with Gasteiger partial charge in [-0.15, -0.1) is 0 Å². The Balaban J connectivity index is 0.000000188. The average Bonchev–Trinajstić information content (AvgIpc) is 1.96. The summed E-state index contributed by atoms with van der Waals surface area (Å²) in [6.07, 6.45) is 6.74. The second-order valence-corrected chi connectivity index (χ2v) is 5.56. The minimum atomic E-state index is -1.83. The average molecular weight is 213 g/mol.